The molecule has 5 nitrogen and oxygen atoms in total. The van der Waals surface area contributed by atoms with Gasteiger partial charge in [-0.05, 0) is 32.0 Å². The van der Waals surface area contributed by atoms with Gasteiger partial charge in [0.1, 0.15) is 11.3 Å². The highest BCUT2D eigenvalue weighted by molar-refractivity contribution is 5.82. The number of aromatic amines is 2. The number of fused-ring (bicyclic) bond motifs is 2. The largest absolute Gasteiger partial charge is 0.384 e. The lowest BCUT2D eigenvalue weighted by molar-refractivity contribution is -0.703. The Labute approximate surface area is 159 Å². The number of nitrogen functional groups attached to an aromatic ring is 1. The minimum absolute atomic E-state index is 0.0639. The topological polar surface area (TPSA) is 74.4 Å². The number of hydrogen-bond donors (Lipinski definition) is 3. The van der Waals surface area contributed by atoms with E-state index in [1.165, 1.54) is 22.3 Å². The molecule has 4 aromatic rings. The Bertz CT molecular complexity index is 1120. The number of rotatable bonds is 3. The van der Waals surface area contributed by atoms with Gasteiger partial charge in [0.25, 0.3) is 0 Å². The first-order valence-electron chi connectivity index (χ1n) is 9.39. The summed E-state index contributed by atoms with van der Waals surface area (Å²) in [5, 5.41) is 2.35. The van der Waals surface area contributed by atoms with Gasteiger partial charge in [-0.25, -0.2) is 9.55 Å². The van der Waals surface area contributed by atoms with Crippen molar-refractivity contribution in [3.8, 4) is 0 Å². The van der Waals surface area contributed by atoms with Gasteiger partial charge in [-0.1, -0.05) is 20.8 Å². The Morgan fingerprint density at radius 3 is 2.41 bits per heavy atom. The van der Waals surface area contributed by atoms with Crippen molar-refractivity contribution in [2.45, 2.75) is 52.0 Å². The van der Waals surface area contributed by atoms with Crippen LogP contribution in [0, 0.1) is 0 Å². The van der Waals surface area contributed by atoms with Crippen LogP contribution >= 0.6 is 0 Å². The Morgan fingerprint density at radius 2 is 1.67 bits per heavy atom. The summed E-state index contributed by atoms with van der Waals surface area (Å²) in [4.78, 5) is 11.3. The highest BCUT2D eigenvalue weighted by Gasteiger charge is 2.28. The van der Waals surface area contributed by atoms with Crippen LogP contribution in [0.1, 0.15) is 46.0 Å². The van der Waals surface area contributed by atoms with E-state index in [0.29, 0.717) is 5.82 Å². The van der Waals surface area contributed by atoms with Crippen LogP contribution in [0.3, 0.4) is 0 Å². The molecular formula is C22H28N5+. The van der Waals surface area contributed by atoms with Crippen LogP contribution in [0.4, 0.5) is 5.82 Å². The number of nitrogens with zero attached hydrogens (tertiary/aromatic N) is 2. The molecule has 0 radical (unpaired) electrons. The predicted octanol–water partition coefficient (Wildman–Crippen LogP) is 4.19. The van der Waals surface area contributed by atoms with Gasteiger partial charge in [0.05, 0.1) is 17.1 Å². The lowest BCUT2D eigenvalue weighted by atomic mass is 9.89. The summed E-state index contributed by atoms with van der Waals surface area (Å²) in [6, 6.07) is 8.53. The fourth-order valence-corrected chi connectivity index (χ4v) is 3.57. The van der Waals surface area contributed by atoms with Crippen LogP contribution in [0.5, 0.6) is 0 Å². The molecule has 0 aliphatic heterocycles. The van der Waals surface area contributed by atoms with Gasteiger partial charge in [0.2, 0.25) is 0 Å². The number of pyridine rings is 2. The minimum Gasteiger partial charge on any atom is -0.384 e. The first kappa shape index (κ1) is 17.6. The van der Waals surface area contributed by atoms with E-state index in [1.54, 1.807) is 6.20 Å². The van der Waals surface area contributed by atoms with Crippen molar-refractivity contribution in [2.24, 2.45) is 0 Å². The van der Waals surface area contributed by atoms with E-state index in [9.17, 15) is 0 Å². The minimum atomic E-state index is -0.0639. The van der Waals surface area contributed by atoms with Gasteiger partial charge in [-0.2, -0.15) is 0 Å². The molecule has 4 rings (SSSR count). The van der Waals surface area contributed by atoms with Crippen molar-refractivity contribution in [1.29, 1.82) is 0 Å². The first-order chi connectivity index (χ1) is 12.6. The molecule has 27 heavy (non-hydrogen) atoms. The molecule has 0 unspecified atom stereocenters. The van der Waals surface area contributed by atoms with Crippen LogP contribution in [0.15, 0.2) is 42.9 Å². The lowest BCUT2D eigenvalue weighted by Crippen LogP contribution is -2.42. The molecule has 0 atom stereocenters. The fraction of sp³-hybridized carbons (Fsp3) is 0.364. The Hall–Kier alpha value is -2.82. The fourth-order valence-electron chi connectivity index (χ4n) is 3.57. The number of nitrogens with two attached hydrogens (primary N) is 1. The van der Waals surface area contributed by atoms with Crippen LogP contribution in [0.25, 0.3) is 21.8 Å². The number of hydrogen-bond acceptors (Lipinski definition) is 2. The van der Waals surface area contributed by atoms with E-state index >= 15 is 0 Å². The molecule has 4 aromatic heterocycles. The van der Waals surface area contributed by atoms with Crippen molar-refractivity contribution in [3.63, 3.8) is 0 Å². The Kier molecular flexibility index (Phi) is 3.81. The predicted molar refractivity (Wildman–Crippen MR) is 111 cm³/mol. The van der Waals surface area contributed by atoms with Crippen LogP contribution in [0.2, 0.25) is 0 Å². The van der Waals surface area contributed by atoms with E-state index in [-0.39, 0.29) is 10.8 Å². The zero-order valence-corrected chi connectivity index (χ0v) is 16.7. The maximum atomic E-state index is 5.82. The molecule has 4 N–H and O–H groups in total. The molecule has 0 spiro atoms. The summed E-state index contributed by atoms with van der Waals surface area (Å²) in [5.41, 5.74) is 10.5. The summed E-state index contributed by atoms with van der Waals surface area (Å²) in [6.07, 6.45) is 6.16. The molecule has 0 saturated heterocycles. The van der Waals surface area contributed by atoms with E-state index in [0.717, 1.165) is 17.4 Å². The molecule has 0 saturated carbocycles. The molecular weight excluding hydrogens is 334 g/mol. The third kappa shape index (κ3) is 3.29. The molecule has 5 heteroatoms. The van der Waals surface area contributed by atoms with Crippen molar-refractivity contribution in [1.82, 2.24) is 15.0 Å². The summed E-state index contributed by atoms with van der Waals surface area (Å²) in [7, 11) is 0. The quantitative estimate of drug-likeness (QED) is 0.478. The van der Waals surface area contributed by atoms with Gasteiger partial charge in [0, 0.05) is 33.6 Å². The highest BCUT2D eigenvalue weighted by Crippen LogP contribution is 2.28. The highest BCUT2D eigenvalue weighted by atomic mass is 15.0. The molecule has 0 aromatic carbocycles. The van der Waals surface area contributed by atoms with Gasteiger partial charge < -0.3 is 15.7 Å². The van der Waals surface area contributed by atoms with Crippen LogP contribution < -0.4 is 10.3 Å². The van der Waals surface area contributed by atoms with Crippen LogP contribution in [-0.4, -0.2) is 15.0 Å². The maximum absolute atomic E-state index is 5.82. The van der Waals surface area contributed by atoms with Gasteiger partial charge >= 0.3 is 0 Å². The van der Waals surface area contributed by atoms with E-state index in [1.807, 2.05) is 6.07 Å². The van der Waals surface area contributed by atoms with Gasteiger partial charge in [-0.3, -0.25) is 0 Å². The Balaban J connectivity index is 1.66. The first-order valence-corrected chi connectivity index (χ1v) is 9.39. The molecule has 140 valence electrons. The molecule has 0 fully saturated rings. The number of nitrogens with one attached hydrogen (secondary N) is 2. The van der Waals surface area contributed by atoms with Crippen molar-refractivity contribution < 1.29 is 4.57 Å². The molecule has 0 amide bonds. The van der Waals surface area contributed by atoms with Gasteiger partial charge in [0.15, 0.2) is 18.9 Å². The average molecular weight is 363 g/mol. The molecule has 0 aliphatic carbocycles. The van der Waals surface area contributed by atoms with E-state index in [2.05, 4.69) is 84.7 Å². The Morgan fingerprint density at radius 1 is 0.963 bits per heavy atom. The second-order valence-corrected chi connectivity index (χ2v) is 9.18. The monoisotopic (exact) mass is 362 g/mol. The zero-order valence-electron chi connectivity index (χ0n) is 16.7. The zero-order chi connectivity index (χ0) is 19.4. The third-order valence-corrected chi connectivity index (χ3v) is 5.26. The summed E-state index contributed by atoms with van der Waals surface area (Å²) >= 11 is 0. The number of anilines is 1. The normalized spacial score (nSPS) is 12.9. The molecule has 0 bridgehead atoms. The van der Waals surface area contributed by atoms with E-state index in [4.69, 9.17) is 5.73 Å². The smallest absolute Gasteiger partial charge is 0.193 e. The van der Waals surface area contributed by atoms with Crippen molar-refractivity contribution >= 4 is 27.6 Å². The third-order valence-electron chi connectivity index (χ3n) is 5.26. The number of aromatic nitrogens is 4. The maximum Gasteiger partial charge on any atom is 0.193 e. The van der Waals surface area contributed by atoms with Gasteiger partial charge in [-0.15, -0.1) is 0 Å². The average Bonchev–Trinajstić information content (AvgIpc) is 3.17. The second-order valence-electron chi connectivity index (χ2n) is 9.18. The summed E-state index contributed by atoms with van der Waals surface area (Å²) < 4.78 is 2.25. The summed E-state index contributed by atoms with van der Waals surface area (Å²) in [5.74, 6) is 0.548. The number of H-pyrrole nitrogens is 2. The van der Waals surface area contributed by atoms with E-state index < -0.39 is 0 Å². The standard InChI is InChI=1S/C22H27N5/c1-21(2,3)18-8-14-6-7-27(12-17(14)26-18)13-22(4,5)19-9-15-10-20(23)24-11-16(15)25-19/h6-12H,13H2,1-5H3,(H3,23,24,25)/p+1. The van der Waals surface area contributed by atoms with Crippen molar-refractivity contribution in [3.05, 3.63) is 54.2 Å². The molecule has 4 heterocycles. The summed E-state index contributed by atoms with van der Waals surface area (Å²) in [6.45, 7) is 12.1. The second kappa shape index (κ2) is 5.84. The SMILES string of the molecule is CC(C)(C)c1cc2cc[n+](CC(C)(C)c3cc4cc(N)ncc4[nH]3)cc2[nH]1. The van der Waals surface area contributed by atoms with Crippen LogP contribution in [-0.2, 0) is 17.4 Å². The lowest BCUT2D eigenvalue weighted by Gasteiger charge is -2.19. The van der Waals surface area contributed by atoms with Crippen molar-refractivity contribution in [2.75, 3.05) is 5.73 Å². The molecule has 0 aliphatic rings.